The van der Waals surface area contributed by atoms with Crippen molar-refractivity contribution >= 4 is 0 Å². The van der Waals surface area contributed by atoms with E-state index in [1.165, 1.54) is 18.2 Å². The summed E-state index contributed by atoms with van der Waals surface area (Å²) in [6.45, 7) is 1.69. The van der Waals surface area contributed by atoms with Gasteiger partial charge in [-0.15, -0.1) is 0 Å². The van der Waals surface area contributed by atoms with Crippen LogP contribution in [0.3, 0.4) is 0 Å². The highest BCUT2D eigenvalue weighted by molar-refractivity contribution is 5.38. The summed E-state index contributed by atoms with van der Waals surface area (Å²) in [5, 5.41) is 9.06. The lowest BCUT2D eigenvalue weighted by atomic mass is 10.2. The van der Waals surface area contributed by atoms with Gasteiger partial charge in [-0.1, -0.05) is 0 Å². The molecule has 0 aliphatic rings. The van der Waals surface area contributed by atoms with Crippen molar-refractivity contribution in [3.05, 3.63) is 40.1 Å². The number of hydrogen-bond acceptors (Lipinski definition) is 3. The molecule has 72 valence electrons. The maximum Gasteiger partial charge on any atom is 0.365 e. The predicted octanol–water partition coefficient (Wildman–Crippen LogP) is 0.403. The van der Waals surface area contributed by atoms with Crippen molar-refractivity contribution in [3.8, 4) is 5.69 Å². The number of aromatic nitrogens is 4. The summed E-state index contributed by atoms with van der Waals surface area (Å²) in [6.07, 6.45) is 0. The number of benzene rings is 1. The number of aromatic amines is 1. The van der Waals surface area contributed by atoms with E-state index in [0.717, 1.165) is 4.68 Å². The second-order valence-electron chi connectivity index (χ2n) is 2.85. The lowest BCUT2D eigenvalue weighted by Crippen LogP contribution is -2.16. The van der Waals surface area contributed by atoms with Crippen molar-refractivity contribution in [2.75, 3.05) is 0 Å². The summed E-state index contributed by atoms with van der Waals surface area (Å²) >= 11 is 0. The Balaban J connectivity index is 2.63. The molecule has 1 aromatic heterocycles. The molecule has 0 aliphatic carbocycles. The summed E-state index contributed by atoms with van der Waals surface area (Å²) in [4.78, 5) is 11.1. The van der Waals surface area contributed by atoms with E-state index in [0.29, 0.717) is 11.3 Å². The van der Waals surface area contributed by atoms with E-state index in [9.17, 15) is 9.18 Å². The van der Waals surface area contributed by atoms with Gasteiger partial charge < -0.3 is 0 Å². The van der Waals surface area contributed by atoms with Crippen molar-refractivity contribution in [3.63, 3.8) is 0 Å². The molecule has 0 aliphatic heterocycles. The highest BCUT2D eigenvalue weighted by atomic mass is 19.1. The van der Waals surface area contributed by atoms with E-state index in [1.807, 2.05) is 0 Å². The maximum atomic E-state index is 12.8. The Labute approximate surface area is 78.2 Å². The van der Waals surface area contributed by atoms with Crippen LogP contribution in [0.4, 0.5) is 4.39 Å². The van der Waals surface area contributed by atoms with Gasteiger partial charge in [-0.05, 0) is 41.1 Å². The van der Waals surface area contributed by atoms with E-state index in [2.05, 4.69) is 15.5 Å². The summed E-state index contributed by atoms with van der Waals surface area (Å²) < 4.78 is 13.8. The SMILES string of the molecule is Cc1cc(F)ccc1-n1nn[nH]c1=O. The third kappa shape index (κ3) is 1.30. The molecule has 0 fully saturated rings. The van der Waals surface area contributed by atoms with E-state index >= 15 is 0 Å². The molecular formula is C8H7FN4O. The smallest absolute Gasteiger partial charge is 0.244 e. The van der Waals surface area contributed by atoms with Gasteiger partial charge in [-0.25, -0.2) is 14.3 Å². The predicted molar refractivity (Wildman–Crippen MR) is 46.7 cm³/mol. The van der Waals surface area contributed by atoms with Gasteiger partial charge in [0.2, 0.25) is 0 Å². The molecule has 1 N–H and O–H groups in total. The third-order valence-corrected chi connectivity index (χ3v) is 1.86. The van der Waals surface area contributed by atoms with Crippen molar-refractivity contribution in [2.45, 2.75) is 6.92 Å². The standard InChI is InChI=1S/C8H7FN4O/c1-5-4-6(9)2-3-7(5)13-8(14)10-11-12-13/h2-4H,1H3,(H,10,12,14). The fourth-order valence-corrected chi connectivity index (χ4v) is 1.21. The first-order chi connectivity index (χ1) is 6.68. The number of aryl methyl sites for hydroxylation is 1. The van der Waals surface area contributed by atoms with E-state index in [4.69, 9.17) is 0 Å². The fraction of sp³-hybridized carbons (Fsp3) is 0.125. The molecule has 0 saturated heterocycles. The second-order valence-corrected chi connectivity index (χ2v) is 2.85. The molecule has 0 radical (unpaired) electrons. The molecular weight excluding hydrogens is 187 g/mol. The van der Waals surface area contributed by atoms with E-state index in [1.54, 1.807) is 6.92 Å². The molecule has 2 aromatic rings. The zero-order chi connectivity index (χ0) is 10.1. The number of nitrogens with zero attached hydrogens (tertiary/aromatic N) is 3. The van der Waals surface area contributed by atoms with Crippen LogP contribution in [0.2, 0.25) is 0 Å². The first-order valence-corrected chi connectivity index (χ1v) is 3.95. The average Bonchev–Trinajstić information content (AvgIpc) is 2.52. The minimum atomic E-state index is -0.445. The topological polar surface area (TPSA) is 63.6 Å². The zero-order valence-corrected chi connectivity index (χ0v) is 7.36. The zero-order valence-electron chi connectivity index (χ0n) is 7.36. The van der Waals surface area contributed by atoms with Crippen LogP contribution in [0.1, 0.15) is 5.56 Å². The minimum absolute atomic E-state index is 0.345. The van der Waals surface area contributed by atoms with Crippen LogP contribution in [0, 0.1) is 12.7 Å². The van der Waals surface area contributed by atoms with Gasteiger partial charge in [0.15, 0.2) is 0 Å². The molecule has 0 unspecified atom stereocenters. The van der Waals surface area contributed by atoms with Crippen LogP contribution in [-0.2, 0) is 0 Å². The molecule has 2 rings (SSSR count). The molecule has 14 heavy (non-hydrogen) atoms. The van der Waals surface area contributed by atoms with Crippen molar-refractivity contribution in [1.29, 1.82) is 0 Å². The Kier molecular flexibility index (Phi) is 1.88. The number of H-pyrrole nitrogens is 1. The van der Waals surface area contributed by atoms with Gasteiger partial charge in [0, 0.05) is 0 Å². The van der Waals surface area contributed by atoms with Gasteiger partial charge in [0.1, 0.15) is 5.82 Å². The molecule has 6 heteroatoms. The van der Waals surface area contributed by atoms with Gasteiger partial charge in [0.25, 0.3) is 0 Å². The van der Waals surface area contributed by atoms with Gasteiger partial charge in [0.05, 0.1) is 5.69 Å². The fourth-order valence-electron chi connectivity index (χ4n) is 1.21. The number of rotatable bonds is 1. The lowest BCUT2D eigenvalue weighted by molar-refractivity contribution is 0.625. The van der Waals surface area contributed by atoms with Crippen LogP contribution in [0.25, 0.3) is 5.69 Å². The summed E-state index contributed by atoms with van der Waals surface area (Å²) in [5.74, 6) is -0.345. The van der Waals surface area contributed by atoms with Crippen LogP contribution in [0.5, 0.6) is 0 Å². The first kappa shape index (κ1) is 8.61. The molecule has 0 bridgehead atoms. The lowest BCUT2D eigenvalue weighted by Gasteiger charge is -2.02. The molecule has 1 aromatic carbocycles. The number of hydrogen-bond donors (Lipinski definition) is 1. The molecule has 0 spiro atoms. The molecule has 1 heterocycles. The number of tetrazole rings is 1. The minimum Gasteiger partial charge on any atom is -0.244 e. The Morgan fingerprint density at radius 2 is 2.29 bits per heavy atom. The largest absolute Gasteiger partial charge is 0.365 e. The Hall–Kier alpha value is -1.98. The average molecular weight is 194 g/mol. The number of halogens is 1. The third-order valence-electron chi connectivity index (χ3n) is 1.86. The van der Waals surface area contributed by atoms with E-state index < -0.39 is 5.69 Å². The molecule has 0 saturated carbocycles. The van der Waals surface area contributed by atoms with Crippen LogP contribution >= 0.6 is 0 Å². The normalized spacial score (nSPS) is 10.4. The quantitative estimate of drug-likeness (QED) is 0.714. The maximum absolute atomic E-state index is 12.8. The highest BCUT2D eigenvalue weighted by Crippen LogP contribution is 2.11. The number of nitrogens with one attached hydrogen (secondary N) is 1. The van der Waals surface area contributed by atoms with Crippen LogP contribution in [0.15, 0.2) is 23.0 Å². The van der Waals surface area contributed by atoms with Crippen molar-refractivity contribution in [2.24, 2.45) is 0 Å². The van der Waals surface area contributed by atoms with Gasteiger partial charge >= 0.3 is 5.69 Å². The van der Waals surface area contributed by atoms with Crippen LogP contribution < -0.4 is 5.69 Å². The summed E-state index contributed by atoms with van der Waals surface area (Å²) in [7, 11) is 0. The van der Waals surface area contributed by atoms with Gasteiger partial charge in [-0.3, -0.25) is 0 Å². The monoisotopic (exact) mass is 194 g/mol. The van der Waals surface area contributed by atoms with E-state index in [-0.39, 0.29) is 5.82 Å². The summed E-state index contributed by atoms with van der Waals surface area (Å²) in [6, 6.07) is 4.08. The van der Waals surface area contributed by atoms with Crippen LogP contribution in [-0.4, -0.2) is 20.2 Å². The molecule has 5 nitrogen and oxygen atoms in total. The Morgan fingerprint density at radius 1 is 1.50 bits per heavy atom. The first-order valence-electron chi connectivity index (χ1n) is 3.95. The Morgan fingerprint density at radius 3 is 2.86 bits per heavy atom. The second kappa shape index (κ2) is 3.06. The van der Waals surface area contributed by atoms with Crippen molar-refractivity contribution < 1.29 is 4.39 Å². The summed E-state index contributed by atoms with van der Waals surface area (Å²) in [5.41, 5.74) is 0.700. The molecule has 0 atom stereocenters. The van der Waals surface area contributed by atoms with Gasteiger partial charge in [-0.2, -0.15) is 4.68 Å². The Bertz CT molecular complexity index is 516. The van der Waals surface area contributed by atoms with Crippen molar-refractivity contribution in [1.82, 2.24) is 20.2 Å². The highest BCUT2D eigenvalue weighted by Gasteiger charge is 2.06. The molecule has 0 amide bonds.